The van der Waals surface area contributed by atoms with Crippen LogP contribution in [0, 0.1) is 5.41 Å². The van der Waals surface area contributed by atoms with Gasteiger partial charge in [-0.1, -0.05) is 88.4 Å². The zero-order valence-electron chi connectivity index (χ0n) is 28.2. The van der Waals surface area contributed by atoms with Crippen LogP contribution < -0.4 is 15.4 Å². The van der Waals surface area contributed by atoms with Gasteiger partial charge in [0.1, 0.15) is 12.1 Å². The van der Waals surface area contributed by atoms with Crippen LogP contribution in [-0.4, -0.2) is 93.0 Å². The number of nitrogens with one attached hydrogen (secondary N) is 3. The molecule has 0 unspecified atom stereocenters. The van der Waals surface area contributed by atoms with E-state index in [1.54, 1.807) is 23.8 Å². The number of rotatable bonds is 17. The largest absolute Gasteiger partial charge is 0.342 e. The predicted molar refractivity (Wildman–Crippen MR) is 180 cm³/mol. The van der Waals surface area contributed by atoms with E-state index in [4.69, 9.17) is 0 Å². The van der Waals surface area contributed by atoms with Gasteiger partial charge in [-0.25, -0.2) is 13.1 Å². The zero-order chi connectivity index (χ0) is 33.8. The molecule has 11 heteroatoms. The lowest BCUT2D eigenvalue weighted by molar-refractivity contribution is -0.143. The number of amides is 3. The highest BCUT2D eigenvalue weighted by atomic mass is 32.2. The van der Waals surface area contributed by atoms with Crippen LogP contribution in [0.4, 0.5) is 0 Å². The lowest BCUT2D eigenvalue weighted by Crippen LogP contribution is -2.60. The summed E-state index contributed by atoms with van der Waals surface area (Å²) in [5, 5.41) is 5.86. The van der Waals surface area contributed by atoms with Crippen molar-refractivity contribution in [3.8, 4) is 0 Å². The lowest BCUT2D eigenvalue weighted by Gasteiger charge is -2.40. The molecule has 0 saturated carbocycles. The minimum atomic E-state index is -3.71. The third-order valence-electron chi connectivity index (χ3n) is 7.95. The molecule has 2 aromatic rings. The van der Waals surface area contributed by atoms with Crippen LogP contribution in [0.15, 0.2) is 60.7 Å². The fourth-order valence-corrected chi connectivity index (χ4v) is 5.92. The number of sulfonamides is 1. The maximum Gasteiger partial charge on any atom is 0.245 e. The van der Waals surface area contributed by atoms with Gasteiger partial charge in [-0.2, -0.15) is 0 Å². The average Bonchev–Trinajstić information content (AvgIpc) is 2.99. The van der Waals surface area contributed by atoms with Gasteiger partial charge in [0.05, 0.1) is 12.3 Å². The molecule has 0 aromatic heterocycles. The van der Waals surface area contributed by atoms with Gasteiger partial charge in [0.25, 0.3) is 0 Å². The second-order valence-corrected chi connectivity index (χ2v) is 14.4. The summed E-state index contributed by atoms with van der Waals surface area (Å²) in [6.45, 7) is 12.2. The molecule has 45 heavy (non-hydrogen) atoms. The Bertz CT molecular complexity index is 1330. The Morgan fingerprint density at radius 1 is 0.889 bits per heavy atom. The summed E-state index contributed by atoms with van der Waals surface area (Å²) in [4.78, 5) is 44.7. The number of benzene rings is 2. The van der Waals surface area contributed by atoms with Crippen LogP contribution in [0.5, 0.6) is 0 Å². The molecule has 0 radical (unpaired) electrons. The number of hydrogen-bond donors (Lipinski definition) is 3. The highest BCUT2D eigenvalue weighted by molar-refractivity contribution is 7.88. The van der Waals surface area contributed by atoms with Gasteiger partial charge in [-0.15, -0.1) is 0 Å². The van der Waals surface area contributed by atoms with Crippen LogP contribution in [0.1, 0.15) is 59.1 Å². The van der Waals surface area contributed by atoms with Crippen LogP contribution in [0.25, 0.3) is 0 Å². The van der Waals surface area contributed by atoms with Gasteiger partial charge in [0, 0.05) is 25.7 Å². The molecule has 0 aliphatic rings. The minimum Gasteiger partial charge on any atom is -0.342 e. The van der Waals surface area contributed by atoms with Crippen LogP contribution in [0.2, 0.25) is 0 Å². The van der Waals surface area contributed by atoms with Crippen molar-refractivity contribution >= 4 is 27.7 Å². The summed E-state index contributed by atoms with van der Waals surface area (Å²) in [5.74, 6) is -0.852. The minimum absolute atomic E-state index is 0.184. The van der Waals surface area contributed by atoms with Gasteiger partial charge >= 0.3 is 0 Å². The van der Waals surface area contributed by atoms with Crippen LogP contribution in [-0.2, 0) is 37.2 Å². The van der Waals surface area contributed by atoms with Gasteiger partial charge in [0.15, 0.2) is 0 Å². The maximum absolute atomic E-state index is 14.3. The number of nitrogens with zero attached hydrogens (tertiary/aromatic N) is 2. The molecule has 0 saturated heterocycles. The molecule has 0 bridgehead atoms. The zero-order valence-corrected chi connectivity index (χ0v) is 29.0. The molecule has 2 rings (SSSR count). The van der Waals surface area contributed by atoms with Crippen molar-refractivity contribution < 1.29 is 22.8 Å². The van der Waals surface area contributed by atoms with E-state index in [1.807, 2.05) is 95.3 Å². The Kier molecular flexibility index (Phi) is 14.7. The molecule has 4 atom stereocenters. The van der Waals surface area contributed by atoms with E-state index in [0.717, 1.165) is 17.4 Å². The molecular formula is C34H53N5O5S. The molecule has 0 heterocycles. The second kappa shape index (κ2) is 17.4. The van der Waals surface area contributed by atoms with Gasteiger partial charge in [-0.05, 0) is 56.7 Å². The molecule has 3 N–H and O–H groups in total. The fourth-order valence-electron chi connectivity index (χ4n) is 5.22. The molecule has 0 fully saturated rings. The van der Waals surface area contributed by atoms with Crippen molar-refractivity contribution in [1.29, 1.82) is 0 Å². The molecule has 250 valence electrons. The van der Waals surface area contributed by atoms with Crippen molar-refractivity contribution in [2.24, 2.45) is 5.41 Å². The van der Waals surface area contributed by atoms with E-state index < -0.39 is 33.6 Å². The first-order valence-corrected chi connectivity index (χ1v) is 17.6. The first kappa shape index (κ1) is 37.9. The standard InChI is InChI=1S/C34H53N5O5S/c1-9-28(39(10-2)33(42)30(34(4,5)6)36-31(40)25(3)35-7)24-38(22-21-26-17-13-11-14-18-26)32(41)29(37-45(8,43)44)23-27-19-15-12-16-20-27/h11-20,25,28-30,35,37H,9-10,21-24H2,1-8H3,(H,36,40)/t25-,28-,29+,30+/m0/s1. The van der Waals surface area contributed by atoms with Crippen LogP contribution in [0.3, 0.4) is 0 Å². The monoisotopic (exact) mass is 643 g/mol. The number of carbonyl (C=O) groups excluding carboxylic acids is 3. The van der Waals surface area contributed by atoms with E-state index in [1.165, 1.54) is 0 Å². The van der Waals surface area contributed by atoms with Crippen LogP contribution >= 0.6 is 0 Å². The van der Waals surface area contributed by atoms with Crippen molar-refractivity contribution in [1.82, 2.24) is 25.2 Å². The summed E-state index contributed by atoms with van der Waals surface area (Å²) in [7, 11) is -2.02. The van der Waals surface area contributed by atoms with E-state index in [2.05, 4.69) is 15.4 Å². The first-order valence-electron chi connectivity index (χ1n) is 15.7. The summed E-state index contributed by atoms with van der Waals surface area (Å²) >= 11 is 0. The van der Waals surface area contributed by atoms with E-state index in [-0.39, 0.29) is 36.7 Å². The third-order valence-corrected chi connectivity index (χ3v) is 8.67. The van der Waals surface area contributed by atoms with Gasteiger partial charge in [0.2, 0.25) is 27.7 Å². The molecule has 0 aliphatic carbocycles. The summed E-state index contributed by atoms with van der Waals surface area (Å²) < 4.78 is 27.4. The van der Waals surface area contributed by atoms with E-state index in [9.17, 15) is 22.8 Å². The Morgan fingerprint density at radius 3 is 1.91 bits per heavy atom. The Labute approximate surface area is 270 Å². The lowest BCUT2D eigenvalue weighted by atomic mass is 9.85. The summed E-state index contributed by atoms with van der Waals surface area (Å²) in [6.07, 6.45) is 2.34. The Balaban J connectivity index is 2.46. The van der Waals surface area contributed by atoms with Crippen molar-refractivity contribution in [3.05, 3.63) is 71.8 Å². The normalized spacial score (nSPS) is 14.6. The van der Waals surface area contributed by atoms with Crippen molar-refractivity contribution in [3.63, 3.8) is 0 Å². The van der Waals surface area contributed by atoms with Crippen molar-refractivity contribution in [2.75, 3.05) is 32.9 Å². The maximum atomic E-state index is 14.3. The SMILES string of the molecule is CC[C@@H](CN(CCc1ccccc1)C(=O)[C@@H](Cc1ccccc1)NS(C)(=O)=O)N(CC)C(=O)[C@@H](NC(=O)[C@H](C)NC)C(C)(C)C. The predicted octanol–water partition coefficient (Wildman–Crippen LogP) is 2.98. The smallest absolute Gasteiger partial charge is 0.245 e. The number of likely N-dealkylation sites (N-methyl/N-ethyl adjacent to an activating group) is 2. The third kappa shape index (κ3) is 12.2. The number of carbonyl (C=O) groups is 3. The van der Waals surface area contributed by atoms with E-state index >= 15 is 0 Å². The second-order valence-electron chi connectivity index (χ2n) is 12.7. The average molecular weight is 644 g/mol. The molecule has 0 aliphatic heterocycles. The molecule has 3 amide bonds. The van der Waals surface area contributed by atoms with Gasteiger partial charge in [-0.3, -0.25) is 14.4 Å². The highest BCUT2D eigenvalue weighted by Gasteiger charge is 2.39. The first-order chi connectivity index (χ1) is 21.1. The van der Waals surface area contributed by atoms with E-state index in [0.29, 0.717) is 25.9 Å². The van der Waals surface area contributed by atoms with Crippen molar-refractivity contribution in [2.45, 2.75) is 85.0 Å². The fraction of sp³-hybridized carbons (Fsp3) is 0.559. The highest BCUT2D eigenvalue weighted by Crippen LogP contribution is 2.23. The molecular weight excluding hydrogens is 590 g/mol. The topological polar surface area (TPSA) is 128 Å². The molecule has 10 nitrogen and oxygen atoms in total. The Morgan fingerprint density at radius 2 is 1.44 bits per heavy atom. The molecule has 2 aromatic carbocycles. The summed E-state index contributed by atoms with van der Waals surface area (Å²) in [6, 6.07) is 16.4. The quantitative estimate of drug-likeness (QED) is 0.243. The van der Waals surface area contributed by atoms with Gasteiger partial charge < -0.3 is 20.4 Å². The Hall–Kier alpha value is -3.28. The molecule has 0 spiro atoms. The number of hydrogen-bond acceptors (Lipinski definition) is 6. The summed E-state index contributed by atoms with van der Waals surface area (Å²) in [5.41, 5.74) is 1.29.